The second-order valence-corrected chi connectivity index (χ2v) is 6.69. The number of halogens is 1. The lowest BCUT2D eigenvalue weighted by molar-refractivity contribution is 0.102. The molecule has 3 aromatic carbocycles. The van der Waals surface area contributed by atoms with Gasteiger partial charge in [-0.2, -0.15) is 0 Å². The van der Waals surface area contributed by atoms with Gasteiger partial charge in [0.05, 0.1) is 18.2 Å². The Hall–Kier alpha value is -3.12. The lowest BCUT2D eigenvalue weighted by atomic mass is 10.2. The van der Waals surface area contributed by atoms with Crippen LogP contribution in [0, 0.1) is 0 Å². The number of methoxy groups -OCH3 is 1. The predicted octanol–water partition coefficient (Wildman–Crippen LogP) is 5.52. The quantitative estimate of drug-likeness (QED) is 0.470. The van der Waals surface area contributed by atoms with E-state index < -0.39 is 0 Å². The fraction of sp³-hybridized carbons (Fsp3) is 0.0476. The van der Waals surface area contributed by atoms with E-state index in [2.05, 4.69) is 26.2 Å². The number of hydrogen-bond donors (Lipinski definition) is 1. The summed E-state index contributed by atoms with van der Waals surface area (Å²) >= 11 is 3.51. The first-order valence-corrected chi connectivity index (χ1v) is 9.05. The highest BCUT2D eigenvalue weighted by Crippen LogP contribution is 2.31. The number of nitrogens with zero attached hydrogens (tertiary/aromatic N) is 1. The van der Waals surface area contributed by atoms with Gasteiger partial charge in [-0.05, 0) is 58.4 Å². The molecule has 0 radical (unpaired) electrons. The van der Waals surface area contributed by atoms with Crippen molar-refractivity contribution in [2.75, 3.05) is 12.4 Å². The maximum Gasteiger partial charge on any atom is 0.259 e. The van der Waals surface area contributed by atoms with Crippen molar-refractivity contribution >= 4 is 38.6 Å². The molecule has 0 aliphatic rings. The summed E-state index contributed by atoms with van der Waals surface area (Å²) in [6.07, 6.45) is 0. The third kappa shape index (κ3) is 3.44. The molecule has 0 saturated heterocycles. The Balaban J connectivity index is 1.64. The molecule has 0 saturated carbocycles. The normalized spacial score (nSPS) is 10.7. The lowest BCUT2D eigenvalue weighted by Crippen LogP contribution is -2.13. The maximum absolute atomic E-state index is 12.6. The van der Waals surface area contributed by atoms with Gasteiger partial charge in [0.1, 0.15) is 11.3 Å². The first kappa shape index (κ1) is 17.3. The van der Waals surface area contributed by atoms with Crippen LogP contribution in [-0.4, -0.2) is 18.0 Å². The number of amides is 1. The highest BCUT2D eigenvalue weighted by molar-refractivity contribution is 9.10. The van der Waals surface area contributed by atoms with E-state index in [9.17, 15) is 4.79 Å². The summed E-state index contributed by atoms with van der Waals surface area (Å²) in [6.45, 7) is 0. The van der Waals surface area contributed by atoms with Crippen LogP contribution in [0.25, 0.3) is 22.6 Å². The summed E-state index contributed by atoms with van der Waals surface area (Å²) in [7, 11) is 1.54. The average molecular weight is 423 g/mol. The average Bonchev–Trinajstić information content (AvgIpc) is 3.11. The van der Waals surface area contributed by atoms with Gasteiger partial charge < -0.3 is 14.5 Å². The molecule has 0 unspecified atom stereocenters. The number of benzene rings is 3. The second kappa shape index (κ2) is 7.25. The van der Waals surface area contributed by atoms with Gasteiger partial charge in [-0.1, -0.05) is 24.3 Å². The van der Waals surface area contributed by atoms with Gasteiger partial charge in [0.2, 0.25) is 5.89 Å². The number of anilines is 1. The number of fused-ring (bicyclic) bond motifs is 1. The van der Waals surface area contributed by atoms with Crippen LogP contribution in [0.15, 0.2) is 75.6 Å². The molecule has 4 rings (SSSR count). The molecule has 0 bridgehead atoms. The molecule has 0 spiro atoms. The number of para-hydroxylation sites is 1. The highest BCUT2D eigenvalue weighted by atomic mass is 79.9. The van der Waals surface area contributed by atoms with Crippen molar-refractivity contribution in [1.82, 2.24) is 4.98 Å². The van der Waals surface area contributed by atoms with Crippen LogP contribution < -0.4 is 10.1 Å². The maximum atomic E-state index is 12.6. The lowest BCUT2D eigenvalue weighted by Gasteiger charge is -2.08. The Morgan fingerprint density at radius 3 is 2.67 bits per heavy atom. The van der Waals surface area contributed by atoms with Crippen LogP contribution in [0.3, 0.4) is 0 Å². The van der Waals surface area contributed by atoms with E-state index >= 15 is 0 Å². The van der Waals surface area contributed by atoms with Crippen LogP contribution in [0.1, 0.15) is 10.4 Å². The summed E-state index contributed by atoms with van der Waals surface area (Å²) in [5.74, 6) is 0.792. The molecule has 27 heavy (non-hydrogen) atoms. The Labute approximate surface area is 164 Å². The van der Waals surface area contributed by atoms with E-state index in [4.69, 9.17) is 9.15 Å². The van der Waals surface area contributed by atoms with Crippen LogP contribution in [-0.2, 0) is 0 Å². The van der Waals surface area contributed by atoms with Gasteiger partial charge in [-0.25, -0.2) is 4.98 Å². The summed E-state index contributed by atoms with van der Waals surface area (Å²) in [5.41, 5.74) is 3.28. The zero-order valence-corrected chi connectivity index (χ0v) is 16.0. The van der Waals surface area contributed by atoms with Crippen LogP contribution in [0.5, 0.6) is 5.75 Å². The Morgan fingerprint density at radius 2 is 1.85 bits per heavy atom. The minimum absolute atomic E-state index is 0.249. The molecular weight excluding hydrogens is 408 g/mol. The van der Waals surface area contributed by atoms with E-state index in [1.807, 2.05) is 30.3 Å². The van der Waals surface area contributed by atoms with Crippen molar-refractivity contribution in [1.29, 1.82) is 0 Å². The number of carbonyl (C=O) groups excluding carboxylic acids is 1. The largest absolute Gasteiger partial charge is 0.496 e. The molecular formula is C21H15BrN2O3. The number of hydrogen-bond acceptors (Lipinski definition) is 4. The van der Waals surface area contributed by atoms with E-state index in [1.54, 1.807) is 36.4 Å². The number of oxazole rings is 1. The molecule has 6 heteroatoms. The number of ether oxygens (including phenoxy) is 1. The monoisotopic (exact) mass is 422 g/mol. The number of aromatic nitrogens is 1. The number of nitrogens with one attached hydrogen (secondary N) is 1. The topological polar surface area (TPSA) is 64.4 Å². The SMILES string of the molecule is COc1ccccc1C(=O)Nc1ccc2oc(-c3ccccc3Br)nc2c1. The third-order valence-electron chi connectivity index (χ3n) is 4.10. The van der Waals surface area contributed by atoms with E-state index in [-0.39, 0.29) is 5.91 Å². The molecule has 1 aromatic heterocycles. The smallest absolute Gasteiger partial charge is 0.259 e. The van der Waals surface area contributed by atoms with Crippen molar-refractivity contribution in [2.24, 2.45) is 0 Å². The minimum atomic E-state index is -0.249. The predicted molar refractivity (Wildman–Crippen MR) is 108 cm³/mol. The van der Waals surface area contributed by atoms with Crippen molar-refractivity contribution in [3.8, 4) is 17.2 Å². The third-order valence-corrected chi connectivity index (χ3v) is 4.79. The molecule has 5 nitrogen and oxygen atoms in total. The number of carbonyl (C=O) groups is 1. The number of rotatable bonds is 4. The fourth-order valence-corrected chi connectivity index (χ4v) is 3.24. The highest BCUT2D eigenvalue weighted by Gasteiger charge is 2.14. The molecule has 1 heterocycles. The second-order valence-electron chi connectivity index (χ2n) is 5.84. The van der Waals surface area contributed by atoms with Gasteiger partial charge in [-0.15, -0.1) is 0 Å². The first-order chi connectivity index (χ1) is 13.2. The Bertz CT molecular complexity index is 1140. The van der Waals surface area contributed by atoms with Gasteiger partial charge in [0.25, 0.3) is 5.91 Å². The van der Waals surface area contributed by atoms with Gasteiger partial charge in [0.15, 0.2) is 5.58 Å². The van der Waals surface area contributed by atoms with E-state index in [1.165, 1.54) is 7.11 Å². The Morgan fingerprint density at radius 1 is 1.07 bits per heavy atom. The summed E-state index contributed by atoms with van der Waals surface area (Å²) in [4.78, 5) is 17.1. The van der Waals surface area contributed by atoms with Crippen molar-refractivity contribution in [2.45, 2.75) is 0 Å². The molecule has 1 N–H and O–H groups in total. The summed E-state index contributed by atoms with van der Waals surface area (Å²) in [6, 6.07) is 20.2. The minimum Gasteiger partial charge on any atom is -0.496 e. The molecule has 0 atom stereocenters. The van der Waals surface area contributed by atoms with Crippen LogP contribution in [0.4, 0.5) is 5.69 Å². The van der Waals surface area contributed by atoms with Crippen molar-refractivity contribution in [3.63, 3.8) is 0 Å². The fourth-order valence-electron chi connectivity index (χ4n) is 2.79. The van der Waals surface area contributed by atoms with E-state index in [0.717, 1.165) is 10.0 Å². The zero-order chi connectivity index (χ0) is 18.8. The van der Waals surface area contributed by atoms with Gasteiger partial charge in [0, 0.05) is 10.2 Å². The van der Waals surface area contributed by atoms with Crippen LogP contribution in [0.2, 0.25) is 0 Å². The molecule has 134 valence electrons. The van der Waals surface area contributed by atoms with Crippen molar-refractivity contribution in [3.05, 3.63) is 76.8 Å². The molecule has 0 fully saturated rings. The molecule has 1 amide bonds. The Kier molecular flexibility index (Phi) is 4.64. The van der Waals surface area contributed by atoms with Crippen LogP contribution >= 0.6 is 15.9 Å². The summed E-state index contributed by atoms with van der Waals surface area (Å²) in [5, 5.41) is 2.88. The van der Waals surface area contributed by atoms with Gasteiger partial charge >= 0.3 is 0 Å². The molecule has 4 aromatic rings. The van der Waals surface area contributed by atoms with E-state index in [0.29, 0.717) is 34.0 Å². The first-order valence-electron chi connectivity index (χ1n) is 8.25. The standard InChI is InChI=1S/C21H15BrN2O3/c1-26-18-9-5-3-7-15(18)20(25)23-13-10-11-19-17(12-13)24-21(27-19)14-6-2-4-8-16(14)22/h2-12H,1H3,(H,23,25). The molecule has 0 aliphatic heterocycles. The van der Waals surface area contributed by atoms with Crippen molar-refractivity contribution < 1.29 is 13.9 Å². The molecule has 0 aliphatic carbocycles. The zero-order valence-electron chi connectivity index (χ0n) is 14.4. The van der Waals surface area contributed by atoms with Gasteiger partial charge in [-0.3, -0.25) is 4.79 Å². The summed E-state index contributed by atoms with van der Waals surface area (Å²) < 4.78 is 12.0.